The van der Waals surface area contributed by atoms with E-state index >= 15 is 0 Å². The monoisotopic (exact) mass is 239 g/mol. The van der Waals surface area contributed by atoms with E-state index in [0.717, 1.165) is 25.2 Å². The number of halogens is 2. The molecule has 0 bridgehead atoms. The maximum absolute atomic E-state index is 13.5. The van der Waals surface area contributed by atoms with E-state index in [1.807, 2.05) is 6.92 Å². The lowest BCUT2D eigenvalue weighted by Gasteiger charge is -2.32. The van der Waals surface area contributed by atoms with Crippen LogP contribution in [0.2, 0.25) is 0 Å². The molecule has 0 spiro atoms. The SMILES string of the molecule is CC1(C(=O)c2ccc(F)cc2F)CCNCC1. The molecule has 1 saturated heterocycles. The first-order chi connectivity index (χ1) is 8.03. The van der Waals surface area contributed by atoms with Crippen molar-refractivity contribution < 1.29 is 13.6 Å². The fourth-order valence-corrected chi connectivity index (χ4v) is 2.20. The second-order valence-corrected chi connectivity index (χ2v) is 4.76. The van der Waals surface area contributed by atoms with E-state index in [0.29, 0.717) is 12.8 Å². The highest BCUT2D eigenvalue weighted by Crippen LogP contribution is 2.32. The normalized spacial score (nSPS) is 19.0. The highest BCUT2D eigenvalue weighted by molar-refractivity contribution is 6.00. The summed E-state index contributed by atoms with van der Waals surface area (Å²) in [7, 11) is 0. The van der Waals surface area contributed by atoms with Crippen LogP contribution in [0.4, 0.5) is 8.78 Å². The van der Waals surface area contributed by atoms with Crippen molar-refractivity contribution >= 4 is 5.78 Å². The highest BCUT2D eigenvalue weighted by Gasteiger charge is 2.36. The van der Waals surface area contributed by atoms with Gasteiger partial charge >= 0.3 is 0 Å². The molecule has 1 heterocycles. The Morgan fingerprint density at radius 3 is 2.53 bits per heavy atom. The minimum Gasteiger partial charge on any atom is -0.317 e. The van der Waals surface area contributed by atoms with Crippen LogP contribution < -0.4 is 5.32 Å². The zero-order valence-corrected chi connectivity index (χ0v) is 9.72. The molecular weight excluding hydrogens is 224 g/mol. The molecular formula is C13H15F2NO. The third-order valence-electron chi connectivity index (χ3n) is 3.43. The lowest BCUT2D eigenvalue weighted by molar-refractivity contribution is 0.0757. The number of hydrogen-bond acceptors (Lipinski definition) is 2. The predicted octanol–water partition coefficient (Wildman–Crippen LogP) is 2.54. The van der Waals surface area contributed by atoms with Crippen molar-refractivity contribution in [3.05, 3.63) is 35.4 Å². The predicted molar refractivity (Wildman–Crippen MR) is 60.9 cm³/mol. The molecule has 0 atom stereocenters. The molecule has 1 aliphatic heterocycles. The van der Waals surface area contributed by atoms with Crippen molar-refractivity contribution in [2.45, 2.75) is 19.8 Å². The Morgan fingerprint density at radius 2 is 1.94 bits per heavy atom. The van der Waals surface area contributed by atoms with Gasteiger partial charge in [-0.15, -0.1) is 0 Å². The Kier molecular flexibility index (Phi) is 3.24. The minimum absolute atomic E-state index is 0.00389. The van der Waals surface area contributed by atoms with E-state index in [2.05, 4.69) is 5.32 Å². The van der Waals surface area contributed by atoms with Crippen LogP contribution in [0.25, 0.3) is 0 Å². The molecule has 4 heteroatoms. The quantitative estimate of drug-likeness (QED) is 0.803. The summed E-state index contributed by atoms with van der Waals surface area (Å²) in [6.07, 6.45) is 1.37. The lowest BCUT2D eigenvalue weighted by atomic mass is 9.75. The van der Waals surface area contributed by atoms with Gasteiger partial charge in [0.05, 0.1) is 5.56 Å². The molecule has 1 aromatic carbocycles. The number of carbonyl (C=O) groups is 1. The van der Waals surface area contributed by atoms with Crippen LogP contribution >= 0.6 is 0 Å². The molecule has 0 unspecified atom stereocenters. The Morgan fingerprint density at radius 1 is 1.29 bits per heavy atom. The number of rotatable bonds is 2. The van der Waals surface area contributed by atoms with Gasteiger partial charge in [-0.05, 0) is 38.1 Å². The first kappa shape index (κ1) is 12.2. The molecule has 17 heavy (non-hydrogen) atoms. The van der Waals surface area contributed by atoms with Gasteiger partial charge in [0.25, 0.3) is 0 Å². The van der Waals surface area contributed by atoms with Gasteiger partial charge in [-0.1, -0.05) is 6.92 Å². The number of ketones is 1. The van der Waals surface area contributed by atoms with Crippen LogP contribution in [0.15, 0.2) is 18.2 Å². The third-order valence-corrected chi connectivity index (χ3v) is 3.43. The topological polar surface area (TPSA) is 29.1 Å². The molecule has 0 amide bonds. The van der Waals surface area contributed by atoms with Crippen molar-refractivity contribution in [1.29, 1.82) is 0 Å². The van der Waals surface area contributed by atoms with E-state index in [1.54, 1.807) is 0 Å². The lowest BCUT2D eigenvalue weighted by Crippen LogP contribution is -2.40. The summed E-state index contributed by atoms with van der Waals surface area (Å²) in [6.45, 7) is 3.36. The van der Waals surface area contributed by atoms with E-state index in [4.69, 9.17) is 0 Å². The average molecular weight is 239 g/mol. The molecule has 2 rings (SSSR count). The molecule has 1 aromatic rings. The maximum Gasteiger partial charge on any atom is 0.171 e. The van der Waals surface area contributed by atoms with Crippen LogP contribution in [0.5, 0.6) is 0 Å². The van der Waals surface area contributed by atoms with Gasteiger partial charge in [0, 0.05) is 11.5 Å². The summed E-state index contributed by atoms with van der Waals surface area (Å²) in [5, 5.41) is 3.16. The summed E-state index contributed by atoms with van der Waals surface area (Å²) in [5.74, 6) is -1.65. The smallest absolute Gasteiger partial charge is 0.171 e. The molecule has 2 nitrogen and oxygen atoms in total. The van der Waals surface area contributed by atoms with Crippen LogP contribution in [0.3, 0.4) is 0 Å². The second-order valence-electron chi connectivity index (χ2n) is 4.76. The van der Waals surface area contributed by atoms with Crippen molar-refractivity contribution in [2.75, 3.05) is 13.1 Å². The van der Waals surface area contributed by atoms with Gasteiger partial charge in [0.15, 0.2) is 5.78 Å². The Bertz CT molecular complexity index is 439. The summed E-state index contributed by atoms with van der Waals surface area (Å²) >= 11 is 0. The molecule has 0 saturated carbocycles. The first-order valence-electron chi connectivity index (χ1n) is 5.73. The number of benzene rings is 1. The van der Waals surface area contributed by atoms with E-state index in [9.17, 15) is 13.6 Å². The zero-order chi connectivity index (χ0) is 12.5. The molecule has 0 aromatic heterocycles. The molecule has 1 aliphatic rings. The summed E-state index contributed by atoms with van der Waals surface area (Å²) in [4.78, 5) is 12.3. The van der Waals surface area contributed by atoms with E-state index in [1.165, 1.54) is 6.07 Å². The van der Waals surface area contributed by atoms with Gasteiger partial charge in [0.1, 0.15) is 11.6 Å². The van der Waals surface area contributed by atoms with Crippen LogP contribution in [-0.2, 0) is 0 Å². The summed E-state index contributed by atoms with van der Waals surface area (Å²) in [5.41, 5.74) is -0.542. The van der Waals surface area contributed by atoms with Crippen molar-refractivity contribution in [3.63, 3.8) is 0 Å². The zero-order valence-electron chi connectivity index (χ0n) is 9.72. The second kappa shape index (κ2) is 4.53. The van der Waals surface area contributed by atoms with E-state index < -0.39 is 17.0 Å². The largest absolute Gasteiger partial charge is 0.317 e. The standard InChI is InChI=1S/C13H15F2NO/c1-13(4-6-16-7-5-13)12(17)10-3-2-9(14)8-11(10)15/h2-3,8,16H,4-7H2,1H3. The fourth-order valence-electron chi connectivity index (χ4n) is 2.20. The summed E-state index contributed by atoms with van der Waals surface area (Å²) in [6, 6.07) is 3.12. The van der Waals surface area contributed by atoms with Crippen molar-refractivity contribution in [3.8, 4) is 0 Å². The van der Waals surface area contributed by atoms with Gasteiger partial charge in [-0.3, -0.25) is 4.79 Å². The van der Waals surface area contributed by atoms with Crippen molar-refractivity contribution in [2.24, 2.45) is 5.41 Å². The van der Waals surface area contributed by atoms with Crippen LogP contribution in [0, 0.1) is 17.0 Å². The third kappa shape index (κ3) is 2.36. The Labute approximate surface area is 99.0 Å². The number of carbonyl (C=O) groups excluding carboxylic acids is 1. The first-order valence-corrected chi connectivity index (χ1v) is 5.73. The fraction of sp³-hybridized carbons (Fsp3) is 0.462. The molecule has 0 radical (unpaired) electrons. The maximum atomic E-state index is 13.5. The molecule has 1 N–H and O–H groups in total. The van der Waals surface area contributed by atoms with Gasteiger partial charge in [-0.2, -0.15) is 0 Å². The molecule has 1 fully saturated rings. The number of piperidine rings is 1. The van der Waals surface area contributed by atoms with Gasteiger partial charge < -0.3 is 5.32 Å². The summed E-state index contributed by atoms with van der Waals surface area (Å²) < 4.78 is 26.3. The van der Waals surface area contributed by atoms with Crippen LogP contribution in [-0.4, -0.2) is 18.9 Å². The van der Waals surface area contributed by atoms with Gasteiger partial charge in [0.2, 0.25) is 0 Å². The molecule has 92 valence electrons. The number of hydrogen-bond donors (Lipinski definition) is 1. The highest BCUT2D eigenvalue weighted by atomic mass is 19.1. The number of Topliss-reactive ketones (excluding diaryl/α,β-unsaturated/α-hetero) is 1. The van der Waals surface area contributed by atoms with Crippen molar-refractivity contribution in [1.82, 2.24) is 5.32 Å². The van der Waals surface area contributed by atoms with E-state index in [-0.39, 0.29) is 11.3 Å². The van der Waals surface area contributed by atoms with Gasteiger partial charge in [-0.25, -0.2) is 8.78 Å². The number of nitrogens with one attached hydrogen (secondary N) is 1. The van der Waals surface area contributed by atoms with Crippen LogP contribution in [0.1, 0.15) is 30.1 Å². The minimum atomic E-state index is -0.769. The Hall–Kier alpha value is -1.29. The molecule has 0 aliphatic carbocycles. The Balaban J connectivity index is 2.30. The average Bonchev–Trinajstić information content (AvgIpc) is 2.29.